The molecule has 2 saturated heterocycles. The van der Waals surface area contributed by atoms with Crippen molar-refractivity contribution in [2.45, 2.75) is 12.6 Å². The number of aromatic nitrogens is 2. The molecular formula is C16H23N5S. The minimum Gasteiger partial charge on any atom is -0.303 e. The van der Waals surface area contributed by atoms with E-state index >= 15 is 0 Å². The Morgan fingerprint density at radius 2 is 2.09 bits per heavy atom. The number of nitrogens with one attached hydrogen (secondary N) is 1. The fourth-order valence-electron chi connectivity index (χ4n) is 3.54. The van der Waals surface area contributed by atoms with Crippen LogP contribution in [0.5, 0.6) is 0 Å². The lowest BCUT2D eigenvalue weighted by Gasteiger charge is -2.46. The van der Waals surface area contributed by atoms with Crippen LogP contribution in [0.1, 0.15) is 4.88 Å². The standard InChI is InChI=1S/C16H23N5S/c1-19-6-8-21-9-7-20(11-13(21)10-19)12-14-2-3-16(22-14)15-4-5-17-18-15/h2-5,13H,6-12H2,1H3,(H,17,18). The summed E-state index contributed by atoms with van der Waals surface area (Å²) in [6.07, 6.45) is 1.81. The number of thiophene rings is 1. The third kappa shape index (κ3) is 2.96. The van der Waals surface area contributed by atoms with Crippen LogP contribution < -0.4 is 0 Å². The minimum absolute atomic E-state index is 0.708. The highest BCUT2D eigenvalue weighted by molar-refractivity contribution is 7.15. The van der Waals surface area contributed by atoms with Crippen LogP contribution in [0, 0.1) is 0 Å². The maximum Gasteiger partial charge on any atom is 0.0749 e. The van der Waals surface area contributed by atoms with Gasteiger partial charge in [0, 0.05) is 62.9 Å². The average molecular weight is 317 g/mol. The van der Waals surface area contributed by atoms with Gasteiger partial charge in [0.15, 0.2) is 0 Å². The Morgan fingerprint density at radius 3 is 2.95 bits per heavy atom. The molecule has 2 aromatic heterocycles. The third-order valence-electron chi connectivity index (χ3n) is 4.79. The molecule has 2 aromatic rings. The van der Waals surface area contributed by atoms with Crippen LogP contribution in [0.25, 0.3) is 10.6 Å². The first-order chi connectivity index (χ1) is 10.8. The van der Waals surface area contributed by atoms with E-state index < -0.39 is 0 Å². The van der Waals surface area contributed by atoms with E-state index in [1.807, 2.05) is 23.6 Å². The van der Waals surface area contributed by atoms with Crippen LogP contribution in [-0.2, 0) is 6.54 Å². The van der Waals surface area contributed by atoms with E-state index in [9.17, 15) is 0 Å². The summed E-state index contributed by atoms with van der Waals surface area (Å²) in [5, 5.41) is 7.08. The van der Waals surface area contributed by atoms with Crippen LogP contribution in [-0.4, -0.2) is 77.3 Å². The van der Waals surface area contributed by atoms with Gasteiger partial charge in [-0.1, -0.05) is 0 Å². The molecular weight excluding hydrogens is 294 g/mol. The summed E-state index contributed by atoms with van der Waals surface area (Å²) in [6, 6.07) is 7.21. The van der Waals surface area contributed by atoms with E-state index in [0.717, 1.165) is 12.2 Å². The zero-order valence-corrected chi connectivity index (χ0v) is 13.9. The molecule has 0 saturated carbocycles. The number of likely N-dealkylation sites (N-methyl/N-ethyl adjacent to an activating group) is 1. The van der Waals surface area contributed by atoms with E-state index in [-0.39, 0.29) is 0 Å². The topological polar surface area (TPSA) is 38.4 Å². The Labute approximate surface area is 135 Å². The maximum absolute atomic E-state index is 4.04. The second-order valence-corrected chi connectivity index (χ2v) is 7.59. The fourth-order valence-corrected chi connectivity index (χ4v) is 4.57. The highest BCUT2D eigenvalue weighted by Gasteiger charge is 2.30. The van der Waals surface area contributed by atoms with Gasteiger partial charge < -0.3 is 4.90 Å². The Hall–Kier alpha value is -1.21. The summed E-state index contributed by atoms with van der Waals surface area (Å²) >= 11 is 1.88. The number of piperazine rings is 2. The van der Waals surface area contributed by atoms with Crippen molar-refractivity contribution in [2.24, 2.45) is 0 Å². The van der Waals surface area contributed by atoms with Crippen molar-refractivity contribution in [1.29, 1.82) is 0 Å². The minimum atomic E-state index is 0.708. The quantitative estimate of drug-likeness (QED) is 0.933. The van der Waals surface area contributed by atoms with Gasteiger partial charge in [0.2, 0.25) is 0 Å². The second kappa shape index (κ2) is 6.12. The largest absolute Gasteiger partial charge is 0.303 e. The van der Waals surface area contributed by atoms with Crippen molar-refractivity contribution in [1.82, 2.24) is 24.9 Å². The van der Waals surface area contributed by atoms with Gasteiger partial charge in [0.05, 0.1) is 10.6 Å². The molecule has 2 aliphatic rings. The Balaban J connectivity index is 1.39. The fraction of sp³-hybridized carbons (Fsp3) is 0.562. The number of H-pyrrole nitrogens is 1. The summed E-state index contributed by atoms with van der Waals surface area (Å²) in [4.78, 5) is 10.5. The van der Waals surface area contributed by atoms with Crippen molar-refractivity contribution in [2.75, 3.05) is 46.3 Å². The Kier molecular flexibility index (Phi) is 4.00. The highest BCUT2D eigenvalue weighted by Crippen LogP contribution is 2.27. The summed E-state index contributed by atoms with van der Waals surface area (Å²) in [5.41, 5.74) is 1.12. The number of nitrogens with zero attached hydrogens (tertiary/aromatic N) is 4. The second-order valence-electron chi connectivity index (χ2n) is 6.42. The molecule has 118 valence electrons. The lowest BCUT2D eigenvalue weighted by molar-refractivity contribution is 0.0179. The van der Waals surface area contributed by atoms with Crippen molar-refractivity contribution in [3.63, 3.8) is 0 Å². The van der Waals surface area contributed by atoms with Gasteiger partial charge >= 0.3 is 0 Å². The maximum atomic E-state index is 4.04. The van der Waals surface area contributed by atoms with Crippen molar-refractivity contribution in [3.05, 3.63) is 29.3 Å². The smallest absolute Gasteiger partial charge is 0.0749 e. The van der Waals surface area contributed by atoms with E-state index in [2.05, 4.69) is 44.1 Å². The van der Waals surface area contributed by atoms with Gasteiger partial charge in [-0.2, -0.15) is 5.10 Å². The molecule has 2 aliphatic heterocycles. The normalized spacial score (nSPS) is 24.5. The summed E-state index contributed by atoms with van der Waals surface area (Å²) in [7, 11) is 2.24. The SMILES string of the molecule is CN1CCN2CCN(Cc3ccc(-c4ccn[nH]4)s3)CC2C1. The predicted octanol–water partition coefficient (Wildman–Crippen LogP) is 1.57. The Morgan fingerprint density at radius 1 is 1.18 bits per heavy atom. The first-order valence-electron chi connectivity index (χ1n) is 8.01. The number of hydrogen-bond acceptors (Lipinski definition) is 5. The molecule has 0 amide bonds. The van der Waals surface area contributed by atoms with E-state index in [4.69, 9.17) is 0 Å². The highest BCUT2D eigenvalue weighted by atomic mass is 32.1. The summed E-state index contributed by atoms with van der Waals surface area (Å²) in [6.45, 7) is 8.34. The van der Waals surface area contributed by atoms with Crippen molar-refractivity contribution >= 4 is 11.3 Å². The van der Waals surface area contributed by atoms with Gasteiger partial charge in [0.1, 0.15) is 0 Å². The van der Waals surface area contributed by atoms with E-state index in [1.54, 1.807) is 0 Å². The lowest BCUT2D eigenvalue weighted by Crippen LogP contribution is -2.60. The number of fused-ring (bicyclic) bond motifs is 1. The molecule has 22 heavy (non-hydrogen) atoms. The van der Waals surface area contributed by atoms with Crippen LogP contribution in [0.15, 0.2) is 24.4 Å². The molecule has 6 heteroatoms. The molecule has 4 heterocycles. The monoisotopic (exact) mass is 317 g/mol. The first kappa shape index (κ1) is 14.4. The van der Waals surface area contributed by atoms with E-state index in [1.165, 1.54) is 49.0 Å². The van der Waals surface area contributed by atoms with Gasteiger partial charge in [-0.25, -0.2) is 0 Å². The molecule has 0 bridgehead atoms. The average Bonchev–Trinajstić information content (AvgIpc) is 3.17. The number of hydrogen-bond donors (Lipinski definition) is 1. The van der Waals surface area contributed by atoms with Crippen LogP contribution >= 0.6 is 11.3 Å². The molecule has 0 aromatic carbocycles. The molecule has 0 spiro atoms. The van der Waals surface area contributed by atoms with Crippen LogP contribution in [0.2, 0.25) is 0 Å². The molecule has 1 atom stereocenters. The Bertz CT molecular complexity index is 608. The number of rotatable bonds is 3. The lowest BCUT2D eigenvalue weighted by atomic mass is 10.1. The number of aromatic amines is 1. The van der Waals surface area contributed by atoms with Gasteiger partial charge in [-0.15, -0.1) is 11.3 Å². The van der Waals surface area contributed by atoms with Crippen LogP contribution in [0.3, 0.4) is 0 Å². The molecule has 1 N–H and O–H groups in total. The molecule has 0 radical (unpaired) electrons. The molecule has 2 fully saturated rings. The van der Waals surface area contributed by atoms with E-state index in [0.29, 0.717) is 6.04 Å². The van der Waals surface area contributed by atoms with Crippen molar-refractivity contribution in [3.8, 4) is 10.6 Å². The predicted molar refractivity (Wildman–Crippen MR) is 90.0 cm³/mol. The molecule has 5 nitrogen and oxygen atoms in total. The van der Waals surface area contributed by atoms with Gasteiger partial charge in [-0.3, -0.25) is 14.9 Å². The first-order valence-corrected chi connectivity index (χ1v) is 8.83. The molecule has 0 aliphatic carbocycles. The van der Waals surface area contributed by atoms with Crippen molar-refractivity contribution < 1.29 is 0 Å². The zero-order valence-electron chi connectivity index (χ0n) is 13.0. The third-order valence-corrected chi connectivity index (χ3v) is 5.89. The molecule has 1 unspecified atom stereocenters. The zero-order chi connectivity index (χ0) is 14.9. The van der Waals surface area contributed by atoms with Gasteiger partial charge in [0.25, 0.3) is 0 Å². The van der Waals surface area contributed by atoms with Gasteiger partial charge in [-0.05, 0) is 25.2 Å². The summed E-state index contributed by atoms with van der Waals surface area (Å²) in [5.74, 6) is 0. The van der Waals surface area contributed by atoms with Crippen LogP contribution in [0.4, 0.5) is 0 Å². The molecule has 4 rings (SSSR count). The summed E-state index contributed by atoms with van der Waals surface area (Å²) < 4.78 is 0.